The van der Waals surface area contributed by atoms with Gasteiger partial charge >= 0.3 is 19.8 Å². The molecule has 0 heterocycles. The summed E-state index contributed by atoms with van der Waals surface area (Å²) < 4.78 is 32.7. The normalized spacial score (nSPS) is 14.1. The van der Waals surface area contributed by atoms with Crippen LogP contribution in [0.2, 0.25) is 0 Å². The number of aliphatic hydroxyl groups excluding tert-OH is 2. The molecule has 0 saturated heterocycles. The van der Waals surface area contributed by atoms with Crippen molar-refractivity contribution in [3.63, 3.8) is 0 Å². The number of rotatable bonds is 43. The minimum atomic E-state index is -4.63. The van der Waals surface area contributed by atoms with E-state index in [1.54, 1.807) is 0 Å². The predicted octanol–water partition coefficient (Wildman–Crippen LogP) is 12.3. The van der Waals surface area contributed by atoms with Gasteiger partial charge in [-0.05, 0) is 44.9 Å². The molecule has 1 unspecified atom stereocenters. The minimum absolute atomic E-state index is 0.114. The molecule has 0 aromatic carbocycles. The SMILES string of the molecule is CCCCCCCC/C=C/C/C=C/C/C=C/CCCC(=O)O[C@H](COC(=O)CCCCCCCCCCCCCCCCCCC)COP(=O)(O)OC[C@@H](O)CO. The van der Waals surface area contributed by atoms with E-state index >= 15 is 0 Å². The number of hydrogen-bond donors (Lipinski definition) is 3. The molecule has 0 radical (unpaired) electrons. The van der Waals surface area contributed by atoms with E-state index in [2.05, 4.69) is 48.8 Å². The lowest BCUT2D eigenvalue weighted by Gasteiger charge is -2.20. The molecule has 0 aromatic heterocycles. The van der Waals surface area contributed by atoms with Crippen molar-refractivity contribution in [3.05, 3.63) is 36.5 Å². The maximum absolute atomic E-state index is 12.6. The number of allylic oxidation sites excluding steroid dienone is 6. The van der Waals surface area contributed by atoms with Crippen molar-refractivity contribution in [1.82, 2.24) is 0 Å². The quantitative estimate of drug-likeness (QED) is 0.0235. The molecule has 10 nitrogen and oxygen atoms in total. The summed E-state index contributed by atoms with van der Waals surface area (Å²) in [7, 11) is -4.63. The molecule has 0 aliphatic rings. The summed E-state index contributed by atoms with van der Waals surface area (Å²) in [5, 5.41) is 18.3. The number of aliphatic hydroxyl groups is 2. The van der Waals surface area contributed by atoms with E-state index in [0.717, 1.165) is 38.5 Å². The van der Waals surface area contributed by atoms with Gasteiger partial charge in [0, 0.05) is 12.8 Å². The van der Waals surface area contributed by atoms with Crippen LogP contribution < -0.4 is 0 Å². The van der Waals surface area contributed by atoms with Crippen LogP contribution in [-0.2, 0) is 32.7 Å². The molecule has 3 atom stereocenters. The third-order valence-electron chi connectivity index (χ3n) is 9.80. The lowest BCUT2D eigenvalue weighted by molar-refractivity contribution is -0.161. The topological polar surface area (TPSA) is 149 Å². The van der Waals surface area contributed by atoms with Gasteiger partial charge in [-0.3, -0.25) is 18.6 Å². The van der Waals surface area contributed by atoms with Gasteiger partial charge in [0.1, 0.15) is 12.7 Å². The maximum Gasteiger partial charge on any atom is 0.472 e. The third kappa shape index (κ3) is 42.1. The van der Waals surface area contributed by atoms with Gasteiger partial charge in [-0.25, -0.2) is 4.57 Å². The molecule has 0 saturated carbocycles. The molecule has 0 aromatic rings. The Hall–Kier alpha value is -1.81. The van der Waals surface area contributed by atoms with E-state index in [-0.39, 0.29) is 19.4 Å². The summed E-state index contributed by atoms with van der Waals surface area (Å²) in [6.45, 7) is 2.34. The fourth-order valence-corrected chi connectivity index (χ4v) is 7.03. The van der Waals surface area contributed by atoms with Crippen molar-refractivity contribution in [2.24, 2.45) is 0 Å². The molecule has 0 aliphatic carbocycles. The fourth-order valence-electron chi connectivity index (χ4n) is 6.25. The zero-order valence-electron chi connectivity index (χ0n) is 36.3. The zero-order valence-corrected chi connectivity index (χ0v) is 37.2. The van der Waals surface area contributed by atoms with Gasteiger partial charge in [0.25, 0.3) is 0 Å². The van der Waals surface area contributed by atoms with Crippen molar-refractivity contribution in [2.75, 3.05) is 26.4 Å². The van der Waals surface area contributed by atoms with Crippen LogP contribution in [0.25, 0.3) is 0 Å². The number of carbonyl (C=O) groups excluding carboxylic acids is 2. The number of hydrogen-bond acceptors (Lipinski definition) is 9. The summed E-state index contributed by atoms with van der Waals surface area (Å²) >= 11 is 0. The zero-order chi connectivity index (χ0) is 41.9. The Morgan fingerprint density at radius 3 is 1.42 bits per heavy atom. The van der Waals surface area contributed by atoms with E-state index < -0.39 is 51.8 Å². The second-order valence-corrected chi connectivity index (χ2v) is 16.9. The summed E-state index contributed by atoms with van der Waals surface area (Å²) in [4.78, 5) is 35.0. The maximum atomic E-state index is 12.6. The first-order chi connectivity index (χ1) is 27.7. The highest BCUT2D eigenvalue weighted by Crippen LogP contribution is 2.43. The Balaban J connectivity index is 4.32. The highest BCUT2D eigenvalue weighted by Gasteiger charge is 2.27. The van der Waals surface area contributed by atoms with Crippen LogP contribution in [0.5, 0.6) is 0 Å². The smallest absolute Gasteiger partial charge is 0.462 e. The van der Waals surface area contributed by atoms with Crippen molar-refractivity contribution in [3.8, 4) is 0 Å². The van der Waals surface area contributed by atoms with Crippen molar-refractivity contribution < 1.29 is 47.8 Å². The molecule has 334 valence electrons. The average molecular weight is 829 g/mol. The lowest BCUT2D eigenvalue weighted by Crippen LogP contribution is -2.29. The first-order valence-corrected chi connectivity index (χ1v) is 24.4. The Morgan fingerprint density at radius 2 is 0.930 bits per heavy atom. The van der Waals surface area contributed by atoms with Gasteiger partial charge in [-0.15, -0.1) is 0 Å². The standard InChI is InChI=1S/C46H85O10P/c1-3-5-7-9-11-13-15-17-19-21-23-25-27-29-31-33-35-37-45(49)53-41-44(42-55-57(51,52)54-40-43(48)39-47)56-46(50)38-36-34-32-30-28-26-24-22-20-18-16-14-12-10-8-6-4-2/h18,20,24,26,30,32,43-44,47-48H,3-17,19,21-23,25,27-29,31,33-42H2,1-2H3,(H,51,52)/b20-18+,26-24+,32-30+/t43-,44+/m0/s1. The summed E-state index contributed by atoms with van der Waals surface area (Å²) in [5.41, 5.74) is 0. The second kappa shape index (κ2) is 42.3. The first kappa shape index (κ1) is 55.2. The number of ether oxygens (including phenoxy) is 2. The molecule has 0 bridgehead atoms. The molecule has 0 spiro atoms. The van der Waals surface area contributed by atoms with Crippen LogP contribution in [0.4, 0.5) is 0 Å². The fraction of sp³-hybridized carbons (Fsp3) is 0.826. The van der Waals surface area contributed by atoms with E-state index in [1.165, 1.54) is 122 Å². The summed E-state index contributed by atoms with van der Waals surface area (Å²) in [6.07, 6.45) is 44.0. The van der Waals surface area contributed by atoms with Gasteiger partial charge in [0.05, 0.1) is 19.8 Å². The number of phosphoric ester groups is 1. The molecule has 3 N–H and O–H groups in total. The number of carbonyl (C=O) groups is 2. The van der Waals surface area contributed by atoms with Crippen LogP contribution in [0.3, 0.4) is 0 Å². The first-order valence-electron chi connectivity index (χ1n) is 22.9. The van der Waals surface area contributed by atoms with Gasteiger partial charge in [-0.2, -0.15) is 0 Å². The predicted molar refractivity (Wildman–Crippen MR) is 233 cm³/mol. The van der Waals surface area contributed by atoms with E-state index in [4.69, 9.17) is 19.1 Å². The Labute approximate surface area is 348 Å². The third-order valence-corrected chi connectivity index (χ3v) is 10.7. The van der Waals surface area contributed by atoms with Gasteiger partial charge in [0.2, 0.25) is 0 Å². The van der Waals surface area contributed by atoms with Crippen LogP contribution in [0.1, 0.15) is 206 Å². The number of esters is 2. The van der Waals surface area contributed by atoms with Gasteiger partial charge < -0.3 is 24.6 Å². The monoisotopic (exact) mass is 829 g/mol. The molecule has 11 heteroatoms. The van der Waals surface area contributed by atoms with Crippen LogP contribution in [0.15, 0.2) is 36.5 Å². The van der Waals surface area contributed by atoms with E-state index in [9.17, 15) is 24.2 Å². The molecule has 57 heavy (non-hydrogen) atoms. The molecule has 0 rings (SSSR count). The van der Waals surface area contributed by atoms with Crippen molar-refractivity contribution in [1.29, 1.82) is 0 Å². The Bertz CT molecular complexity index is 1050. The Kier molecular flexibility index (Phi) is 41.0. The van der Waals surface area contributed by atoms with E-state index in [0.29, 0.717) is 19.3 Å². The number of unbranched alkanes of at least 4 members (excludes halogenated alkanes) is 23. The van der Waals surface area contributed by atoms with Crippen LogP contribution in [0, 0.1) is 0 Å². The Morgan fingerprint density at radius 1 is 0.526 bits per heavy atom. The highest BCUT2D eigenvalue weighted by molar-refractivity contribution is 7.47. The van der Waals surface area contributed by atoms with Gasteiger partial charge in [-0.1, -0.05) is 185 Å². The lowest BCUT2D eigenvalue weighted by atomic mass is 10.0. The van der Waals surface area contributed by atoms with E-state index in [1.807, 2.05) is 6.08 Å². The average Bonchev–Trinajstić information content (AvgIpc) is 3.20. The van der Waals surface area contributed by atoms with Crippen LogP contribution in [-0.4, -0.2) is 65.7 Å². The highest BCUT2D eigenvalue weighted by atomic mass is 31.2. The molecule has 0 aliphatic heterocycles. The molecule has 0 fully saturated rings. The minimum Gasteiger partial charge on any atom is -0.462 e. The molecular formula is C46H85O10P. The summed E-state index contributed by atoms with van der Waals surface area (Å²) in [6, 6.07) is 0. The second-order valence-electron chi connectivity index (χ2n) is 15.4. The largest absolute Gasteiger partial charge is 0.472 e. The summed E-state index contributed by atoms with van der Waals surface area (Å²) in [5.74, 6) is -0.979. The van der Waals surface area contributed by atoms with Gasteiger partial charge in [0.15, 0.2) is 6.10 Å². The molecular weight excluding hydrogens is 743 g/mol. The number of phosphoric acid groups is 1. The van der Waals surface area contributed by atoms with Crippen LogP contribution >= 0.6 is 7.82 Å². The molecule has 0 amide bonds. The van der Waals surface area contributed by atoms with Crippen molar-refractivity contribution >= 4 is 19.8 Å². The van der Waals surface area contributed by atoms with Crippen molar-refractivity contribution in [2.45, 2.75) is 219 Å².